The summed E-state index contributed by atoms with van der Waals surface area (Å²) in [5, 5.41) is 0.986. The van der Waals surface area contributed by atoms with Crippen molar-refractivity contribution < 1.29 is 4.79 Å². The number of carbonyl (C=O) groups excluding carboxylic acids is 1. The fourth-order valence-corrected chi connectivity index (χ4v) is 5.70. The molecule has 0 aliphatic carbocycles. The summed E-state index contributed by atoms with van der Waals surface area (Å²) in [6.45, 7) is 8.33. The van der Waals surface area contributed by atoms with Gasteiger partial charge in [0.05, 0.1) is 0 Å². The van der Waals surface area contributed by atoms with Gasteiger partial charge in [0.2, 0.25) is 11.0 Å². The van der Waals surface area contributed by atoms with Gasteiger partial charge < -0.3 is 9.80 Å². The lowest BCUT2D eigenvalue weighted by Crippen LogP contribution is -2.51. The van der Waals surface area contributed by atoms with Crippen molar-refractivity contribution in [2.24, 2.45) is 5.92 Å². The van der Waals surface area contributed by atoms with Crippen molar-refractivity contribution in [3.05, 3.63) is 83.2 Å². The van der Waals surface area contributed by atoms with Crippen LogP contribution in [0, 0.1) is 12.8 Å². The first-order valence-corrected chi connectivity index (χ1v) is 13.8. The van der Waals surface area contributed by atoms with Crippen LogP contribution in [-0.2, 0) is 11.2 Å². The molecular weight excluding hydrogens is 466 g/mol. The minimum atomic E-state index is 0.130. The van der Waals surface area contributed by atoms with E-state index in [9.17, 15) is 4.79 Å². The maximum atomic E-state index is 13.2. The number of aromatic nitrogens is 2. The molecule has 2 aliphatic heterocycles. The molecule has 3 aromatic rings. The predicted octanol–water partition coefficient (Wildman–Crippen LogP) is 4.51. The van der Waals surface area contributed by atoms with Crippen molar-refractivity contribution >= 4 is 28.6 Å². The Bertz CT molecular complexity index is 1140. The first kappa shape index (κ1) is 24.7. The number of nitrogens with zero attached hydrogens (tertiary/aromatic N) is 5. The van der Waals surface area contributed by atoms with Crippen molar-refractivity contribution in [3.63, 3.8) is 0 Å². The number of benzene rings is 2. The van der Waals surface area contributed by atoms with Gasteiger partial charge >= 0.3 is 0 Å². The van der Waals surface area contributed by atoms with Crippen molar-refractivity contribution in [3.8, 4) is 0 Å². The molecular formula is C29H35N5OS. The molecule has 2 aliphatic rings. The maximum absolute atomic E-state index is 13.2. The summed E-state index contributed by atoms with van der Waals surface area (Å²) in [6.07, 6.45) is 6.95. The molecule has 0 spiro atoms. The first-order chi connectivity index (χ1) is 17.6. The molecule has 0 unspecified atom stereocenters. The van der Waals surface area contributed by atoms with E-state index in [2.05, 4.69) is 86.7 Å². The van der Waals surface area contributed by atoms with Crippen LogP contribution in [0.1, 0.15) is 35.4 Å². The lowest BCUT2D eigenvalue weighted by atomic mass is 9.95. The Morgan fingerprint density at radius 2 is 1.69 bits per heavy atom. The molecule has 5 rings (SSSR count). The van der Waals surface area contributed by atoms with E-state index >= 15 is 0 Å². The summed E-state index contributed by atoms with van der Waals surface area (Å²) in [5.74, 6) is 1.35. The predicted molar refractivity (Wildman–Crippen MR) is 147 cm³/mol. The van der Waals surface area contributed by atoms with E-state index < -0.39 is 0 Å². The molecule has 2 fully saturated rings. The van der Waals surface area contributed by atoms with Crippen molar-refractivity contribution in [2.75, 3.05) is 50.7 Å². The number of piperidine rings is 1. The molecule has 0 N–H and O–H groups in total. The molecule has 0 saturated carbocycles. The van der Waals surface area contributed by atoms with Crippen LogP contribution in [0.5, 0.6) is 0 Å². The number of hydrogen-bond donors (Lipinski definition) is 0. The molecule has 1 amide bonds. The highest BCUT2D eigenvalue weighted by atomic mass is 32.1. The maximum Gasteiger partial charge on any atom is 0.225 e. The monoisotopic (exact) mass is 501 g/mol. The van der Waals surface area contributed by atoms with E-state index in [1.54, 1.807) is 0 Å². The number of carbonyl (C=O) groups is 1. The summed E-state index contributed by atoms with van der Waals surface area (Å²) in [4.78, 5) is 24.8. The smallest absolute Gasteiger partial charge is 0.225 e. The van der Waals surface area contributed by atoms with Crippen LogP contribution in [0.4, 0.5) is 5.13 Å². The van der Waals surface area contributed by atoms with Gasteiger partial charge in [-0.3, -0.25) is 9.69 Å². The molecule has 0 radical (unpaired) electrons. The number of aryl methyl sites for hydroxylation is 1. The van der Waals surface area contributed by atoms with Gasteiger partial charge in [-0.05, 0) is 30.9 Å². The normalized spacial score (nSPS) is 17.7. The van der Waals surface area contributed by atoms with Gasteiger partial charge in [0, 0.05) is 69.7 Å². The quantitative estimate of drug-likeness (QED) is 0.477. The third-order valence-electron chi connectivity index (χ3n) is 7.21. The Kier molecular flexibility index (Phi) is 8.08. The molecule has 6 nitrogen and oxygen atoms in total. The van der Waals surface area contributed by atoms with E-state index in [-0.39, 0.29) is 5.92 Å². The summed E-state index contributed by atoms with van der Waals surface area (Å²) in [7, 11) is 0. The van der Waals surface area contributed by atoms with Gasteiger partial charge in [-0.25, -0.2) is 4.98 Å². The molecule has 36 heavy (non-hydrogen) atoms. The van der Waals surface area contributed by atoms with Crippen LogP contribution in [-0.4, -0.2) is 70.9 Å². The topological polar surface area (TPSA) is 52.6 Å². The van der Waals surface area contributed by atoms with Crippen molar-refractivity contribution in [1.29, 1.82) is 0 Å². The number of rotatable bonds is 7. The van der Waals surface area contributed by atoms with Crippen LogP contribution in [0.3, 0.4) is 0 Å². The second kappa shape index (κ2) is 11.8. The Balaban J connectivity index is 1.05. The number of hydrogen-bond acceptors (Lipinski definition) is 6. The summed E-state index contributed by atoms with van der Waals surface area (Å²) in [5.41, 5.74) is 3.73. The SMILES string of the molecule is Cc1ccc(Cc2nsc(N3CCC(C(=O)N4CCN(CC=Cc5ccccc5)CC4)CC3)n2)cc1. The molecule has 0 atom stereocenters. The van der Waals surface area contributed by atoms with Crippen LogP contribution < -0.4 is 4.90 Å². The third kappa shape index (κ3) is 6.39. The van der Waals surface area contributed by atoms with E-state index in [0.717, 1.165) is 76.0 Å². The molecule has 0 bridgehead atoms. The van der Waals surface area contributed by atoms with Crippen LogP contribution in [0.25, 0.3) is 6.08 Å². The molecule has 1 aromatic heterocycles. The number of piperazine rings is 1. The average Bonchev–Trinajstić information content (AvgIpc) is 3.39. The van der Waals surface area contributed by atoms with Gasteiger partial charge in [0.15, 0.2) is 0 Å². The fraction of sp³-hybridized carbons (Fsp3) is 0.414. The highest BCUT2D eigenvalue weighted by Gasteiger charge is 2.31. The minimum absolute atomic E-state index is 0.130. The summed E-state index contributed by atoms with van der Waals surface area (Å²) >= 11 is 1.48. The van der Waals surface area contributed by atoms with Gasteiger partial charge in [0.1, 0.15) is 5.82 Å². The van der Waals surface area contributed by atoms with E-state index in [1.165, 1.54) is 28.2 Å². The minimum Gasteiger partial charge on any atom is -0.347 e. The lowest BCUT2D eigenvalue weighted by Gasteiger charge is -2.38. The molecule has 2 saturated heterocycles. The standard InChI is InChI=1S/C29H35N5OS/c1-23-9-11-25(12-10-23)22-27-30-29(36-31-27)34-16-13-26(14-17-34)28(35)33-20-18-32(19-21-33)15-5-8-24-6-3-2-4-7-24/h2-12,26H,13-22H2,1H3. The zero-order valence-electron chi connectivity index (χ0n) is 21.1. The Labute approximate surface area is 218 Å². The summed E-state index contributed by atoms with van der Waals surface area (Å²) < 4.78 is 4.59. The van der Waals surface area contributed by atoms with Gasteiger partial charge in [-0.1, -0.05) is 72.3 Å². The Morgan fingerprint density at radius 1 is 0.972 bits per heavy atom. The van der Waals surface area contributed by atoms with E-state index in [4.69, 9.17) is 4.98 Å². The summed E-state index contributed by atoms with van der Waals surface area (Å²) in [6, 6.07) is 19.0. The fourth-order valence-electron chi connectivity index (χ4n) is 4.96. The number of anilines is 1. The first-order valence-electron chi connectivity index (χ1n) is 13.0. The molecule has 2 aromatic carbocycles. The molecule has 7 heteroatoms. The average molecular weight is 502 g/mol. The van der Waals surface area contributed by atoms with Crippen LogP contribution in [0.2, 0.25) is 0 Å². The molecule has 188 valence electrons. The van der Waals surface area contributed by atoms with Crippen LogP contribution in [0.15, 0.2) is 60.7 Å². The Hall–Kier alpha value is -3.03. The van der Waals surface area contributed by atoms with Crippen molar-refractivity contribution in [1.82, 2.24) is 19.2 Å². The van der Waals surface area contributed by atoms with Crippen molar-refractivity contribution in [2.45, 2.75) is 26.2 Å². The van der Waals surface area contributed by atoms with Gasteiger partial charge in [0.25, 0.3) is 0 Å². The van der Waals surface area contributed by atoms with E-state index in [0.29, 0.717) is 5.91 Å². The zero-order chi connectivity index (χ0) is 24.7. The largest absolute Gasteiger partial charge is 0.347 e. The highest BCUT2D eigenvalue weighted by molar-refractivity contribution is 7.09. The zero-order valence-corrected chi connectivity index (χ0v) is 21.9. The number of amides is 1. The van der Waals surface area contributed by atoms with E-state index in [1.807, 2.05) is 6.07 Å². The molecule has 3 heterocycles. The second-order valence-corrected chi connectivity index (χ2v) is 10.6. The Morgan fingerprint density at radius 3 is 2.42 bits per heavy atom. The van der Waals surface area contributed by atoms with Crippen LogP contribution >= 0.6 is 11.5 Å². The second-order valence-electron chi connectivity index (χ2n) is 9.86. The van der Waals surface area contributed by atoms with Gasteiger partial charge in [-0.2, -0.15) is 4.37 Å². The van der Waals surface area contributed by atoms with Gasteiger partial charge in [-0.15, -0.1) is 0 Å². The third-order valence-corrected chi connectivity index (χ3v) is 8.03. The highest BCUT2D eigenvalue weighted by Crippen LogP contribution is 2.27. The lowest BCUT2D eigenvalue weighted by molar-refractivity contribution is -0.137.